The van der Waals surface area contributed by atoms with Gasteiger partial charge in [-0.2, -0.15) is 4.98 Å². The van der Waals surface area contributed by atoms with Crippen molar-refractivity contribution in [3.05, 3.63) is 35.5 Å². The summed E-state index contributed by atoms with van der Waals surface area (Å²) in [6, 6.07) is 7.38. The number of benzene rings is 1. The Hall–Kier alpha value is -3.07. The predicted molar refractivity (Wildman–Crippen MR) is 117 cm³/mol. The highest BCUT2D eigenvalue weighted by molar-refractivity contribution is 5.98. The van der Waals surface area contributed by atoms with Crippen molar-refractivity contribution < 1.29 is 19.0 Å². The third-order valence-corrected chi connectivity index (χ3v) is 5.65. The average molecular weight is 428 g/mol. The summed E-state index contributed by atoms with van der Waals surface area (Å²) in [6.07, 6.45) is 0. The van der Waals surface area contributed by atoms with Crippen molar-refractivity contribution in [2.24, 2.45) is 0 Å². The summed E-state index contributed by atoms with van der Waals surface area (Å²) >= 11 is 0. The number of hydrogen-bond acceptors (Lipinski definition) is 8. The van der Waals surface area contributed by atoms with Gasteiger partial charge in [0.2, 0.25) is 5.95 Å². The average Bonchev–Trinajstić information content (AvgIpc) is 2.83. The zero-order valence-electron chi connectivity index (χ0n) is 18.3. The van der Waals surface area contributed by atoms with E-state index >= 15 is 0 Å². The van der Waals surface area contributed by atoms with E-state index < -0.39 is 0 Å². The fourth-order valence-corrected chi connectivity index (χ4v) is 3.97. The summed E-state index contributed by atoms with van der Waals surface area (Å²) in [5.74, 6) is 2.62. The van der Waals surface area contributed by atoms with E-state index in [1.165, 1.54) is 0 Å². The van der Waals surface area contributed by atoms with E-state index in [9.17, 15) is 4.79 Å². The van der Waals surface area contributed by atoms with Gasteiger partial charge in [0.05, 0.1) is 33.0 Å². The van der Waals surface area contributed by atoms with E-state index in [1.807, 2.05) is 24.0 Å². The van der Waals surface area contributed by atoms with Crippen molar-refractivity contribution in [3.8, 4) is 11.5 Å². The molecule has 2 saturated heterocycles. The molecule has 1 aromatic heterocycles. The number of methoxy groups -OCH3 is 2. The maximum atomic E-state index is 13.1. The molecule has 9 heteroatoms. The molecule has 0 spiro atoms. The molecule has 2 aliphatic heterocycles. The third-order valence-electron chi connectivity index (χ3n) is 5.65. The molecule has 1 aromatic carbocycles. The Bertz CT molecular complexity index is 924. The van der Waals surface area contributed by atoms with Crippen LogP contribution >= 0.6 is 0 Å². The molecule has 0 atom stereocenters. The summed E-state index contributed by atoms with van der Waals surface area (Å²) in [6.45, 7) is 7.60. The fraction of sp³-hybridized carbons (Fsp3) is 0.500. The van der Waals surface area contributed by atoms with Crippen molar-refractivity contribution in [1.29, 1.82) is 0 Å². The van der Waals surface area contributed by atoms with Crippen LogP contribution in [0.3, 0.4) is 0 Å². The SMILES string of the molecule is COc1cccc(C(=O)N2CCN(c3cc(C)nc(N4CCOCC4)n3)CC2)c1OC. The van der Waals surface area contributed by atoms with Gasteiger partial charge in [0, 0.05) is 51.0 Å². The summed E-state index contributed by atoms with van der Waals surface area (Å²) in [4.78, 5) is 28.8. The van der Waals surface area contributed by atoms with Crippen LogP contribution in [-0.4, -0.2) is 87.5 Å². The van der Waals surface area contributed by atoms with Crippen LogP contribution in [0.2, 0.25) is 0 Å². The van der Waals surface area contributed by atoms with Gasteiger partial charge in [-0.05, 0) is 19.1 Å². The Morgan fingerprint density at radius 2 is 1.71 bits per heavy atom. The van der Waals surface area contributed by atoms with Crippen molar-refractivity contribution in [1.82, 2.24) is 14.9 Å². The number of aromatic nitrogens is 2. The standard InChI is InChI=1S/C22H29N5O4/c1-16-15-19(24-22(23-16)27-11-13-31-14-12-27)25-7-9-26(10-8-25)21(28)17-5-4-6-18(29-2)20(17)30-3/h4-6,15H,7-14H2,1-3H3. The summed E-state index contributed by atoms with van der Waals surface area (Å²) in [7, 11) is 3.12. The lowest BCUT2D eigenvalue weighted by Crippen LogP contribution is -2.49. The second-order valence-corrected chi connectivity index (χ2v) is 7.59. The largest absolute Gasteiger partial charge is 0.493 e. The number of carbonyl (C=O) groups is 1. The van der Waals surface area contributed by atoms with Crippen molar-refractivity contribution in [2.75, 3.05) is 76.5 Å². The fourth-order valence-electron chi connectivity index (χ4n) is 3.97. The predicted octanol–water partition coefficient (Wildman–Crippen LogP) is 1.60. The van der Waals surface area contributed by atoms with Gasteiger partial charge >= 0.3 is 0 Å². The summed E-state index contributed by atoms with van der Waals surface area (Å²) < 4.78 is 16.2. The molecule has 2 aliphatic rings. The number of rotatable bonds is 5. The topological polar surface area (TPSA) is 80.3 Å². The number of carbonyl (C=O) groups excluding carboxylic acids is 1. The van der Waals surface area contributed by atoms with Crippen LogP contribution in [0.4, 0.5) is 11.8 Å². The van der Waals surface area contributed by atoms with Crippen LogP contribution < -0.4 is 19.3 Å². The second-order valence-electron chi connectivity index (χ2n) is 7.59. The molecule has 0 aliphatic carbocycles. The number of aryl methyl sites for hydroxylation is 1. The molecule has 2 fully saturated rings. The quantitative estimate of drug-likeness (QED) is 0.712. The molecule has 31 heavy (non-hydrogen) atoms. The highest BCUT2D eigenvalue weighted by atomic mass is 16.5. The Morgan fingerprint density at radius 3 is 2.39 bits per heavy atom. The van der Waals surface area contributed by atoms with Crippen LogP contribution in [0.15, 0.2) is 24.3 Å². The van der Waals surface area contributed by atoms with Gasteiger partial charge in [0.1, 0.15) is 5.82 Å². The number of nitrogens with zero attached hydrogens (tertiary/aromatic N) is 5. The molecule has 0 saturated carbocycles. The van der Waals surface area contributed by atoms with Crippen LogP contribution in [0, 0.1) is 6.92 Å². The smallest absolute Gasteiger partial charge is 0.257 e. The first kappa shape index (κ1) is 21.2. The molecule has 3 heterocycles. The monoisotopic (exact) mass is 427 g/mol. The molecule has 0 N–H and O–H groups in total. The van der Waals surface area contributed by atoms with Crippen LogP contribution in [0.5, 0.6) is 11.5 Å². The molecule has 4 rings (SSSR count). The van der Waals surface area contributed by atoms with E-state index in [2.05, 4.69) is 14.8 Å². The lowest BCUT2D eigenvalue weighted by atomic mass is 10.1. The van der Waals surface area contributed by atoms with Gasteiger partial charge in [-0.25, -0.2) is 4.98 Å². The zero-order chi connectivity index (χ0) is 21.8. The van der Waals surface area contributed by atoms with Crippen LogP contribution in [-0.2, 0) is 4.74 Å². The normalized spacial score (nSPS) is 16.9. The Labute approximate surface area is 182 Å². The van der Waals surface area contributed by atoms with Crippen molar-refractivity contribution in [3.63, 3.8) is 0 Å². The van der Waals surface area contributed by atoms with Crippen molar-refractivity contribution in [2.45, 2.75) is 6.92 Å². The number of anilines is 2. The molecule has 9 nitrogen and oxygen atoms in total. The first-order valence-electron chi connectivity index (χ1n) is 10.5. The van der Waals surface area contributed by atoms with Gasteiger partial charge in [-0.15, -0.1) is 0 Å². The molecular weight excluding hydrogens is 398 g/mol. The molecule has 0 bridgehead atoms. The molecule has 166 valence electrons. The van der Waals surface area contributed by atoms with Crippen LogP contribution in [0.1, 0.15) is 16.1 Å². The zero-order valence-corrected chi connectivity index (χ0v) is 18.3. The van der Waals surface area contributed by atoms with Crippen LogP contribution in [0.25, 0.3) is 0 Å². The Kier molecular flexibility index (Phi) is 6.41. The number of ether oxygens (including phenoxy) is 3. The van der Waals surface area contributed by atoms with E-state index in [0.29, 0.717) is 56.5 Å². The highest BCUT2D eigenvalue weighted by Crippen LogP contribution is 2.32. The minimum atomic E-state index is -0.0525. The minimum Gasteiger partial charge on any atom is -0.493 e. The highest BCUT2D eigenvalue weighted by Gasteiger charge is 2.27. The van der Waals surface area contributed by atoms with Gasteiger partial charge in [0.15, 0.2) is 11.5 Å². The van der Waals surface area contributed by atoms with E-state index in [0.717, 1.165) is 30.5 Å². The first-order valence-corrected chi connectivity index (χ1v) is 10.5. The maximum absolute atomic E-state index is 13.1. The first-order chi connectivity index (χ1) is 15.1. The number of para-hydroxylation sites is 1. The number of amides is 1. The molecule has 0 radical (unpaired) electrons. The number of piperazine rings is 1. The Balaban J connectivity index is 1.46. The molecule has 0 unspecified atom stereocenters. The summed E-state index contributed by atoms with van der Waals surface area (Å²) in [5.41, 5.74) is 1.45. The minimum absolute atomic E-state index is 0.0525. The Morgan fingerprint density at radius 1 is 0.968 bits per heavy atom. The van der Waals surface area contributed by atoms with Gasteiger partial charge in [-0.1, -0.05) is 6.07 Å². The third kappa shape index (κ3) is 4.51. The molecular formula is C22H29N5O4. The maximum Gasteiger partial charge on any atom is 0.257 e. The molecule has 2 aromatic rings. The molecule has 1 amide bonds. The van der Waals surface area contributed by atoms with E-state index in [1.54, 1.807) is 26.4 Å². The lowest BCUT2D eigenvalue weighted by Gasteiger charge is -2.36. The van der Waals surface area contributed by atoms with Gasteiger partial charge in [0.25, 0.3) is 5.91 Å². The summed E-state index contributed by atoms with van der Waals surface area (Å²) in [5, 5.41) is 0. The number of hydrogen-bond donors (Lipinski definition) is 0. The van der Waals surface area contributed by atoms with Gasteiger partial charge < -0.3 is 28.9 Å². The lowest BCUT2D eigenvalue weighted by molar-refractivity contribution is 0.0742. The van der Waals surface area contributed by atoms with E-state index in [4.69, 9.17) is 19.2 Å². The second kappa shape index (κ2) is 9.38. The number of morpholine rings is 1. The van der Waals surface area contributed by atoms with E-state index in [-0.39, 0.29) is 5.91 Å². The van der Waals surface area contributed by atoms with Crippen molar-refractivity contribution >= 4 is 17.7 Å². The van der Waals surface area contributed by atoms with Gasteiger partial charge in [-0.3, -0.25) is 4.79 Å².